The normalized spacial score (nSPS) is 26.5. The van der Waals surface area contributed by atoms with Crippen molar-refractivity contribution in [3.63, 3.8) is 0 Å². The molecule has 11 heteroatoms. The van der Waals surface area contributed by atoms with E-state index in [4.69, 9.17) is 4.74 Å². The number of ketones is 1. The molecule has 0 aromatic heterocycles. The molecule has 2 saturated heterocycles. The lowest BCUT2D eigenvalue weighted by Crippen LogP contribution is -2.63. The number of carbonyl (C=O) groups excluding carboxylic acids is 4. The van der Waals surface area contributed by atoms with Crippen molar-refractivity contribution in [2.45, 2.75) is 69.2 Å². The Balaban J connectivity index is 1.64. The van der Waals surface area contributed by atoms with Crippen LogP contribution in [-0.4, -0.2) is 57.1 Å². The summed E-state index contributed by atoms with van der Waals surface area (Å²) in [6.45, 7) is 6.07. The molecule has 0 bridgehead atoms. The van der Waals surface area contributed by atoms with E-state index in [-0.39, 0.29) is 6.42 Å². The Hall–Kier alpha value is -2.34. The Bertz CT molecular complexity index is 1050. The minimum absolute atomic E-state index is 0.312. The molecule has 2 heterocycles. The average molecular weight is 508 g/mol. The van der Waals surface area contributed by atoms with Gasteiger partial charge in [0.15, 0.2) is 11.7 Å². The van der Waals surface area contributed by atoms with Crippen molar-refractivity contribution in [3.05, 3.63) is 35.1 Å². The van der Waals surface area contributed by atoms with Crippen LogP contribution in [0.5, 0.6) is 0 Å². The van der Waals surface area contributed by atoms with E-state index < -0.39 is 63.1 Å². The molecular weight excluding hydrogens is 477 g/mol. The fourth-order valence-electron chi connectivity index (χ4n) is 4.94. The van der Waals surface area contributed by atoms with Gasteiger partial charge in [0.05, 0.1) is 5.54 Å². The first kappa shape index (κ1) is 25.7. The summed E-state index contributed by atoms with van der Waals surface area (Å²) < 4.78 is 34.7. The molecular formula is C24H30FN3O6S. The van der Waals surface area contributed by atoms with E-state index >= 15 is 0 Å². The second-order valence-corrected chi connectivity index (χ2v) is 12.3. The van der Waals surface area contributed by atoms with Gasteiger partial charge >= 0.3 is 6.03 Å². The number of rotatable bonds is 6. The lowest BCUT2D eigenvalue weighted by Gasteiger charge is -2.38. The van der Waals surface area contributed by atoms with Crippen molar-refractivity contribution in [1.82, 2.24) is 14.9 Å². The number of carbonyl (C=O) groups is 4. The average Bonchev–Trinajstić information content (AvgIpc) is 3.10. The standard InChI is InChI=1S/C24H30FN3O6S/c1-23(2,3)35(33)27-24(9-6-14-12-15(25)4-5-17(14)24)13-18(29)19-20(30)26-22(32)28(21(19)31)16-7-10-34-11-8-16/h4-5,12,16,19,27H,6-11,13H2,1-3H3,(H,26,30,32)/t19-,24+,35?/m0/s1. The number of Topliss-reactive ketones (excluding diaryl/α,β-unsaturated/α-hetero) is 1. The van der Waals surface area contributed by atoms with Gasteiger partial charge in [0.1, 0.15) is 10.6 Å². The molecule has 1 aliphatic carbocycles. The molecule has 4 rings (SSSR count). The fraction of sp³-hybridized carbons (Fsp3) is 0.583. The smallest absolute Gasteiger partial charge is 0.331 e. The number of benzene rings is 1. The minimum Gasteiger partial charge on any atom is -0.598 e. The predicted octanol–water partition coefficient (Wildman–Crippen LogP) is 1.85. The van der Waals surface area contributed by atoms with Crippen LogP contribution in [0.25, 0.3) is 0 Å². The maximum atomic E-state index is 13.9. The van der Waals surface area contributed by atoms with Gasteiger partial charge in [-0.05, 0) is 69.7 Å². The summed E-state index contributed by atoms with van der Waals surface area (Å²) >= 11 is -1.59. The van der Waals surface area contributed by atoms with Gasteiger partial charge in [0.25, 0.3) is 5.91 Å². The molecule has 1 aromatic carbocycles. The lowest BCUT2D eigenvalue weighted by molar-refractivity contribution is -0.150. The van der Waals surface area contributed by atoms with Crippen molar-refractivity contribution >= 4 is 35.0 Å². The summed E-state index contributed by atoms with van der Waals surface area (Å²) in [5.41, 5.74) is 0.143. The lowest BCUT2D eigenvalue weighted by atomic mass is 9.83. The number of nitrogens with zero attached hydrogens (tertiary/aromatic N) is 1. The molecule has 190 valence electrons. The molecule has 1 aromatic rings. The monoisotopic (exact) mass is 507 g/mol. The number of nitrogens with one attached hydrogen (secondary N) is 2. The maximum absolute atomic E-state index is 13.9. The maximum Gasteiger partial charge on any atom is 0.331 e. The molecule has 0 spiro atoms. The quantitative estimate of drug-likeness (QED) is 0.444. The van der Waals surface area contributed by atoms with Crippen LogP contribution in [0.3, 0.4) is 0 Å². The van der Waals surface area contributed by atoms with Crippen molar-refractivity contribution in [2.24, 2.45) is 5.92 Å². The first-order valence-electron chi connectivity index (χ1n) is 11.7. The zero-order valence-corrected chi connectivity index (χ0v) is 20.8. The SMILES string of the molecule is CC(C)(C)[S+]([O-])N[C@@]1(CC(=O)[C@H]2C(=O)NC(=O)N(C3CCOCC3)C2=O)CCc2cc(F)ccc21. The van der Waals surface area contributed by atoms with Gasteiger partial charge in [0, 0.05) is 37.0 Å². The first-order valence-corrected chi connectivity index (χ1v) is 12.8. The highest BCUT2D eigenvalue weighted by Gasteiger charge is 2.52. The summed E-state index contributed by atoms with van der Waals surface area (Å²) in [5.74, 6) is -4.61. The number of fused-ring (bicyclic) bond motifs is 1. The highest BCUT2D eigenvalue weighted by Crippen LogP contribution is 2.42. The third-order valence-corrected chi connectivity index (χ3v) is 8.49. The van der Waals surface area contributed by atoms with Crippen LogP contribution in [0.4, 0.5) is 9.18 Å². The zero-order chi connectivity index (χ0) is 25.5. The van der Waals surface area contributed by atoms with Crippen molar-refractivity contribution in [3.8, 4) is 0 Å². The molecule has 4 amide bonds. The Kier molecular flexibility index (Phi) is 7.07. The van der Waals surface area contributed by atoms with Gasteiger partial charge in [0.2, 0.25) is 5.91 Å². The van der Waals surface area contributed by atoms with Crippen LogP contribution in [-0.2, 0) is 42.4 Å². The largest absolute Gasteiger partial charge is 0.598 e. The number of imide groups is 2. The molecule has 2 aliphatic heterocycles. The second kappa shape index (κ2) is 9.61. The summed E-state index contributed by atoms with van der Waals surface area (Å²) in [4.78, 5) is 53.0. The van der Waals surface area contributed by atoms with E-state index in [1.165, 1.54) is 12.1 Å². The molecule has 1 unspecified atom stereocenters. The number of halogens is 1. The first-order chi connectivity index (χ1) is 16.4. The summed E-state index contributed by atoms with van der Waals surface area (Å²) in [5, 5.41) is 2.15. The zero-order valence-electron chi connectivity index (χ0n) is 20.0. The Morgan fingerprint density at radius 3 is 2.63 bits per heavy atom. The van der Waals surface area contributed by atoms with Gasteiger partial charge in [-0.1, -0.05) is 6.07 Å². The highest BCUT2D eigenvalue weighted by molar-refractivity contribution is 7.90. The number of amides is 4. The molecule has 9 nitrogen and oxygen atoms in total. The Morgan fingerprint density at radius 1 is 1.29 bits per heavy atom. The third kappa shape index (κ3) is 5.00. The molecule has 0 saturated carbocycles. The van der Waals surface area contributed by atoms with Gasteiger partial charge in [-0.2, -0.15) is 0 Å². The Labute approximate surface area is 206 Å². The highest BCUT2D eigenvalue weighted by atomic mass is 32.2. The number of barbiturate groups is 1. The van der Waals surface area contributed by atoms with Crippen LogP contribution in [0.2, 0.25) is 0 Å². The molecule has 3 aliphatic rings. The summed E-state index contributed by atoms with van der Waals surface area (Å²) in [7, 11) is 0. The molecule has 35 heavy (non-hydrogen) atoms. The van der Waals surface area contributed by atoms with Gasteiger partial charge in [-0.25, -0.2) is 9.18 Å². The number of hydrogen-bond donors (Lipinski definition) is 2. The molecule has 2 N–H and O–H groups in total. The number of hydrogen-bond acceptors (Lipinski definition) is 7. The topological polar surface area (TPSA) is 128 Å². The summed E-state index contributed by atoms with van der Waals surface area (Å²) in [6.07, 6.45) is 1.30. The molecule has 3 atom stereocenters. The minimum atomic E-state index is -1.69. The Morgan fingerprint density at radius 2 is 1.97 bits per heavy atom. The van der Waals surface area contributed by atoms with Gasteiger partial charge in [-0.3, -0.25) is 24.6 Å². The second-order valence-electron chi connectivity index (χ2n) is 10.3. The summed E-state index contributed by atoms with van der Waals surface area (Å²) in [6, 6.07) is 2.91. The van der Waals surface area contributed by atoms with E-state index in [0.717, 1.165) is 4.90 Å². The molecule has 0 radical (unpaired) electrons. The van der Waals surface area contributed by atoms with Crippen molar-refractivity contribution in [2.75, 3.05) is 13.2 Å². The number of aryl methyl sites for hydroxylation is 1. The van der Waals surface area contributed by atoms with E-state index in [1.54, 1.807) is 26.8 Å². The van der Waals surface area contributed by atoms with Crippen LogP contribution in [0.15, 0.2) is 18.2 Å². The number of urea groups is 1. The van der Waals surface area contributed by atoms with Crippen LogP contribution in [0.1, 0.15) is 57.6 Å². The van der Waals surface area contributed by atoms with Crippen LogP contribution < -0.4 is 10.0 Å². The number of ether oxygens (including phenoxy) is 1. The van der Waals surface area contributed by atoms with E-state index in [1.807, 2.05) is 0 Å². The van der Waals surface area contributed by atoms with E-state index in [2.05, 4.69) is 10.0 Å². The van der Waals surface area contributed by atoms with Crippen LogP contribution in [0, 0.1) is 11.7 Å². The predicted molar refractivity (Wildman–Crippen MR) is 125 cm³/mol. The van der Waals surface area contributed by atoms with E-state index in [0.29, 0.717) is 50.0 Å². The van der Waals surface area contributed by atoms with E-state index in [9.17, 15) is 28.1 Å². The van der Waals surface area contributed by atoms with Crippen LogP contribution >= 0.6 is 0 Å². The van der Waals surface area contributed by atoms with Crippen molar-refractivity contribution in [1.29, 1.82) is 0 Å². The molecule has 2 fully saturated rings. The van der Waals surface area contributed by atoms with Gasteiger partial charge in [-0.15, -0.1) is 4.72 Å². The fourth-order valence-corrected chi connectivity index (χ4v) is 5.88. The van der Waals surface area contributed by atoms with Crippen molar-refractivity contribution < 1.29 is 32.9 Å². The van der Waals surface area contributed by atoms with Gasteiger partial charge < -0.3 is 9.29 Å². The third-order valence-electron chi connectivity index (χ3n) is 6.80.